The van der Waals surface area contributed by atoms with Gasteiger partial charge in [0.05, 0.1) is 18.8 Å². The van der Waals surface area contributed by atoms with E-state index in [9.17, 15) is 4.79 Å². The fourth-order valence-corrected chi connectivity index (χ4v) is 2.40. The smallest absolute Gasteiger partial charge is 0.341 e. The van der Waals surface area contributed by atoms with Gasteiger partial charge < -0.3 is 10.1 Å². The van der Waals surface area contributed by atoms with Gasteiger partial charge in [-0.2, -0.15) is 0 Å². The first kappa shape index (κ1) is 13.9. The molecule has 104 valence electrons. The highest BCUT2D eigenvalue weighted by Crippen LogP contribution is 2.24. The van der Waals surface area contributed by atoms with Crippen LogP contribution in [0, 0.1) is 0 Å². The molecule has 0 amide bonds. The van der Waals surface area contributed by atoms with E-state index in [2.05, 4.69) is 22.2 Å². The van der Waals surface area contributed by atoms with Crippen LogP contribution in [0.15, 0.2) is 6.20 Å². The van der Waals surface area contributed by atoms with Crippen molar-refractivity contribution < 1.29 is 9.53 Å². The zero-order valence-electron chi connectivity index (χ0n) is 11.6. The molecule has 1 saturated heterocycles. The maximum absolute atomic E-state index is 11.8. The molecular formula is C14H21N3O2. The molecule has 0 spiro atoms. The van der Waals surface area contributed by atoms with Crippen molar-refractivity contribution in [2.75, 3.05) is 13.7 Å². The number of nitrogens with one attached hydrogen (secondary N) is 1. The maximum Gasteiger partial charge on any atom is 0.341 e. The van der Waals surface area contributed by atoms with Gasteiger partial charge in [-0.3, -0.25) is 0 Å². The average molecular weight is 263 g/mol. The number of aryl methyl sites for hydroxylation is 1. The number of piperidine rings is 1. The van der Waals surface area contributed by atoms with Crippen molar-refractivity contribution in [2.24, 2.45) is 0 Å². The lowest BCUT2D eigenvalue weighted by Gasteiger charge is -2.24. The normalized spacial score (nSPS) is 19.2. The second kappa shape index (κ2) is 6.61. The van der Waals surface area contributed by atoms with Gasteiger partial charge in [-0.1, -0.05) is 13.3 Å². The Morgan fingerprint density at radius 2 is 2.37 bits per heavy atom. The molecular weight excluding hydrogens is 242 g/mol. The minimum atomic E-state index is -0.356. The van der Waals surface area contributed by atoms with E-state index in [-0.39, 0.29) is 12.0 Å². The summed E-state index contributed by atoms with van der Waals surface area (Å²) in [5.41, 5.74) is 1.28. The lowest BCUT2D eigenvalue weighted by atomic mass is 9.99. The van der Waals surface area contributed by atoms with Crippen LogP contribution in [0.4, 0.5) is 0 Å². The molecule has 0 bridgehead atoms. The molecule has 1 unspecified atom stereocenters. The van der Waals surface area contributed by atoms with E-state index in [0.717, 1.165) is 43.7 Å². The minimum Gasteiger partial charge on any atom is -0.465 e. The Morgan fingerprint density at radius 3 is 3.00 bits per heavy atom. The van der Waals surface area contributed by atoms with Gasteiger partial charge in [-0.15, -0.1) is 0 Å². The fourth-order valence-electron chi connectivity index (χ4n) is 2.40. The van der Waals surface area contributed by atoms with Gasteiger partial charge in [0, 0.05) is 12.6 Å². The Labute approximate surface area is 113 Å². The second-order valence-electron chi connectivity index (χ2n) is 4.83. The number of hydrogen-bond donors (Lipinski definition) is 1. The van der Waals surface area contributed by atoms with Gasteiger partial charge in [0.15, 0.2) is 0 Å². The summed E-state index contributed by atoms with van der Waals surface area (Å²) in [5, 5.41) is 3.43. The van der Waals surface area contributed by atoms with Crippen LogP contribution < -0.4 is 5.32 Å². The number of esters is 1. The Kier molecular flexibility index (Phi) is 4.85. The van der Waals surface area contributed by atoms with Crippen molar-refractivity contribution in [2.45, 2.75) is 45.1 Å². The minimum absolute atomic E-state index is 0.140. The first-order valence-electron chi connectivity index (χ1n) is 6.93. The van der Waals surface area contributed by atoms with Crippen LogP contribution >= 0.6 is 0 Å². The predicted molar refractivity (Wildman–Crippen MR) is 72.0 cm³/mol. The van der Waals surface area contributed by atoms with Crippen LogP contribution in [0.5, 0.6) is 0 Å². The SMILES string of the molecule is CCCc1ncc(C(=O)OC)c(C2CCCCN2)n1. The van der Waals surface area contributed by atoms with Gasteiger partial charge in [0.2, 0.25) is 0 Å². The molecule has 1 N–H and O–H groups in total. The summed E-state index contributed by atoms with van der Waals surface area (Å²) >= 11 is 0. The first-order chi connectivity index (χ1) is 9.26. The van der Waals surface area contributed by atoms with Crippen LogP contribution in [-0.4, -0.2) is 29.6 Å². The van der Waals surface area contributed by atoms with Crippen molar-refractivity contribution in [3.63, 3.8) is 0 Å². The monoisotopic (exact) mass is 263 g/mol. The van der Waals surface area contributed by atoms with Crippen LogP contribution in [0.1, 0.15) is 60.5 Å². The zero-order valence-corrected chi connectivity index (χ0v) is 11.6. The summed E-state index contributed by atoms with van der Waals surface area (Å²) in [7, 11) is 1.39. The molecule has 1 atom stereocenters. The summed E-state index contributed by atoms with van der Waals surface area (Å²) in [6.07, 6.45) is 6.78. The second-order valence-corrected chi connectivity index (χ2v) is 4.83. The standard InChI is InChI=1S/C14H21N3O2/c1-3-6-12-16-9-10(14(18)19-2)13(17-12)11-7-4-5-8-15-11/h9,11,15H,3-8H2,1-2H3. The van der Waals surface area contributed by atoms with Gasteiger partial charge in [-0.25, -0.2) is 14.8 Å². The average Bonchev–Trinajstić information content (AvgIpc) is 2.47. The summed E-state index contributed by atoms with van der Waals surface area (Å²) in [6, 6.07) is 0.140. The van der Waals surface area contributed by atoms with Gasteiger partial charge in [-0.05, 0) is 25.8 Å². The van der Waals surface area contributed by atoms with Gasteiger partial charge in [0.1, 0.15) is 11.4 Å². The van der Waals surface area contributed by atoms with E-state index in [1.165, 1.54) is 13.5 Å². The van der Waals surface area contributed by atoms with E-state index in [1.807, 2.05) is 0 Å². The number of aromatic nitrogens is 2. The highest BCUT2D eigenvalue weighted by Gasteiger charge is 2.24. The third kappa shape index (κ3) is 3.29. The molecule has 1 aliphatic heterocycles. The van der Waals surface area contributed by atoms with Crippen molar-refractivity contribution in [1.82, 2.24) is 15.3 Å². The fraction of sp³-hybridized carbons (Fsp3) is 0.643. The Hall–Kier alpha value is -1.49. The molecule has 1 fully saturated rings. The topological polar surface area (TPSA) is 64.1 Å². The summed E-state index contributed by atoms with van der Waals surface area (Å²) in [6.45, 7) is 3.06. The summed E-state index contributed by atoms with van der Waals surface area (Å²) in [5.74, 6) is 0.447. The molecule has 0 aliphatic carbocycles. The molecule has 1 aliphatic rings. The van der Waals surface area contributed by atoms with E-state index in [1.54, 1.807) is 6.20 Å². The number of carbonyl (C=O) groups is 1. The molecule has 1 aromatic heterocycles. The third-order valence-electron chi connectivity index (χ3n) is 3.39. The number of nitrogens with zero attached hydrogens (tertiary/aromatic N) is 2. The molecule has 2 heterocycles. The number of hydrogen-bond acceptors (Lipinski definition) is 5. The van der Waals surface area contributed by atoms with E-state index in [4.69, 9.17) is 4.74 Å². The molecule has 5 nitrogen and oxygen atoms in total. The molecule has 1 aromatic rings. The van der Waals surface area contributed by atoms with Crippen molar-refractivity contribution in [1.29, 1.82) is 0 Å². The Bertz CT molecular complexity index is 442. The van der Waals surface area contributed by atoms with Crippen molar-refractivity contribution in [3.8, 4) is 0 Å². The zero-order chi connectivity index (χ0) is 13.7. The Balaban J connectivity index is 2.33. The highest BCUT2D eigenvalue weighted by molar-refractivity contribution is 5.90. The summed E-state index contributed by atoms with van der Waals surface area (Å²) in [4.78, 5) is 20.7. The lowest BCUT2D eigenvalue weighted by Crippen LogP contribution is -2.29. The van der Waals surface area contributed by atoms with Crippen LogP contribution in [-0.2, 0) is 11.2 Å². The molecule has 19 heavy (non-hydrogen) atoms. The van der Waals surface area contributed by atoms with Gasteiger partial charge >= 0.3 is 5.97 Å². The van der Waals surface area contributed by atoms with Crippen molar-refractivity contribution in [3.05, 3.63) is 23.3 Å². The predicted octanol–water partition coefficient (Wildman–Crippen LogP) is 2.03. The first-order valence-corrected chi connectivity index (χ1v) is 6.93. The van der Waals surface area contributed by atoms with Crippen LogP contribution in [0.2, 0.25) is 0 Å². The lowest BCUT2D eigenvalue weighted by molar-refractivity contribution is 0.0597. The number of methoxy groups -OCH3 is 1. The third-order valence-corrected chi connectivity index (χ3v) is 3.39. The molecule has 0 saturated carbocycles. The van der Waals surface area contributed by atoms with Crippen LogP contribution in [0.3, 0.4) is 0 Å². The Morgan fingerprint density at radius 1 is 1.53 bits per heavy atom. The quantitative estimate of drug-likeness (QED) is 0.842. The van der Waals surface area contributed by atoms with Crippen molar-refractivity contribution >= 4 is 5.97 Å². The molecule has 0 aromatic carbocycles. The number of rotatable bonds is 4. The van der Waals surface area contributed by atoms with E-state index in [0.29, 0.717) is 5.56 Å². The number of carbonyl (C=O) groups excluding carboxylic acids is 1. The largest absolute Gasteiger partial charge is 0.465 e. The molecule has 5 heteroatoms. The highest BCUT2D eigenvalue weighted by atomic mass is 16.5. The van der Waals surface area contributed by atoms with Gasteiger partial charge in [0.25, 0.3) is 0 Å². The summed E-state index contributed by atoms with van der Waals surface area (Å²) < 4.78 is 4.82. The molecule has 0 radical (unpaired) electrons. The molecule has 2 rings (SSSR count). The maximum atomic E-state index is 11.8. The number of ether oxygens (including phenoxy) is 1. The van der Waals surface area contributed by atoms with E-state index >= 15 is 0 Å². The van der Waals surface area contributed by atoms with E-state index < -0.39 is 0 Å². The van der Waals surface area contributed by atoms with Crippen LogP contribution in [0.25, 0.3) is 0 Å².